The first-order valence-electron chi connectivity index (χ1n) is 12.0. The molecule has 1 atom stereocenters. The van der Waals surface area contributed by atoms with Crippen molar-refractivity contribution in [2.75, 3.05) is 29.5 Å². The summed E-state index contributed by atoms with van der Waals surface area (Å²) in [5, 5.41) is 0. The van der Waals surface area contributed by atoms with E-state index in [0.717, 1.165) is 25.1 Å². The number of thioether (sulfide) groups is 1. The van der Waals surface area contributed by atoms with Crippen molar-refractivity contribution in [1.82, 2.24) is 4.90 Å². The highest BCUT2D eigenvalue weighted by molar-refractivity contribution is 7.99. The molecule has 2 heterocycles. The Morgan fingerprint density at radius 2 is 1.74 bits per heavy atom. The summed E-state index contributed by atoms with van der Waals surface area (Å²) in [6.45, 7) is 10.7. The van der Waals surface area contributed by atoms with Gasteiger partial charge in [-0.05, 0) is 68.0 Å². The Hall–Kier alpha value is -2.51. The first kappa shape index (κ1) is 26.1. The van der Waals surface area contributed by atoms with Gasteiger partial charge >= 0.3 is 6.09 Å². The maximum absolute atomic E-state index is 12.0. The normalized spacial score (nSPS) is 18.0. The highest BCUT2D eigenvalue weighted by Gasteiger charge is 2.26. The molecule has 2 aromatic carbocycles. The molecule has 0 spiro atoms. The fraction of sp³-hybridized carbons (Fsp3) is 0.481. The molecule has 184 valence electrons. The third-order valence-corrected chi connectivity index (χ3v) is 7.04. The van der Waals surface area contributed by atoms with Crippen molar-refractivity contribution >= 4 is 29.4 Å². The number of primary amides is 1. The van der Waals surface area contributed by atoms with E-state index in [9.17, 15) is 9.59 Å². The largest absolute Gasteiger partial charge is 0.447 e. The molecule has 7 heteroatoms. The van der Waals surface area contributed by atoms with Crippen LogP contribution in [-0.2, 0) is 22.5 Å². The lowest BCUT2D eigenvalue weighted by Gasteiger charge is -2.34. The minimum Gasteiger partial charge on any atom is -0.447 e. The number of carbonyl (C=O) groups excluding carboxylic acids is 2. The molecule has 6 nitrogen and oxygen atoms in total. The molecular formula is C27H37N3O3S. The maximum Gasteiger partial charge on any atom is 0.404 e. The summed E-state index contributed by atoms with van der Waals surface area (Å²) < 4.78 is 4.39. The number of carbonyl (C=O) groups is 2. The minimum atomic E-state index is -0.713. The van der Waals surface area contributed by atoms with Crippen molar-refractivity contribution < 1.29 is 14.3 Å². The van der Waals surface area contributed by atoms with E-state index >= 15 is 0 Å². The first-order chi connectivity index (χ1) is 16.2. The Kier molecular flexibility index (Phi) is 9.42. The van der Waals surface area contributed by atoms with Crippen LogP contribution in [0.2, 0.25) is 0 Å². The number of nitrogens with two attached hydrogens (primary N) is 1. The van der Waals surface area contributed by atoms with Crippen LogP contribution in [0.1, 0.15) is 45.2 Å². The molecule has 2 amide bonds. The number of benzene rings is 2. The fourth-order valence-corrected chi connectivity index (χ4v) is 5.44. The molecule has 0 radical (unpaired) electrons. The SMILES string of the molecule is CC(=O)N1c2ccc(-c3ccc(CN4CCSCC4)cc3)cc2CC[C@@H]1C.CC(C)OC(N)=O. The van der Waals surface area contributed by atoms with Gasteiger partial charge in [-0.1, -0.05) is 30.3 Å². The van der Waals surface area contributed by atoms with Gasteiger partial charge in [0, 0.05) is 49.8 Å². The predicted octanol–water partition coefficient (Wildman–Crippen LogP) is 5.08. The molecule has 1 fully saturated rings. The van der Waals surface area contributed by atoms with Crippen LogP contribution >= 0.6 is 11.8 Å². The van der Waals surface area contributed by atoms with E-state index in [1.165, 1.54) is 46.8 Å². The zero-order valence-electron chi connectivity index (χ0n) is 20.8. The van der Waals surface area contributed by atoms with Crippen LogP contribution in [0.3, 0.4) is 0 Å². The molecule has 0 aromatic heterocycles. The van der Waals surface area contributed by atoms with Crippen molar-refractivity contribution in [3.63, 3.8) is 0 Å². The van der Waals surface area contributed by atoms with Gasteiger partial charge in [0.2, 0.25) is 5.91 Å². The average Bonchev–Trinajstić information content (AvgIpc) is 2.79. The van der Waals surface area contributed by atoms with Gasteiger partial charge in [-0.15, -0.1) is 0 Å². The standard InChI is InChI=1S/C23H28N2OS.C4H9NO2/c1-17-3-6-22-15-21(9-10-23(22)25(17)18(2)26)20-7-4-19(5-8-20)16-24-11-13-27-14-12-24;1-3(2)7-4(5)6/h4-5,7-10,15,17H,3,6,11-14,16H2,1-2H3;3H,1-2H3,(H2,5,6)/t17-;/m0./s1. The lowest BCUT2D eigenvalue weighted by Crippen LogP contribution is -2.40. The Bertz CT molecular complexity index is 972. The second-order valence-electron chi connectivity index (χ2n) is 9.19. The highest BCUT2D eigenvalue weighted by Crippen LogP contribution is 2.34. The number of hydrogen-bond donors (Lipinski definition) is 1. The number of aryl methyl sites for hydroxylation is 1. The fourth-order valence-electron chi connectivity index (χ4n) is 4.46. The van der Waals surface area contributed by atoms with Gasteiger partial charge < -0.3 is 15.4 Å². The van der Waals surface area contributed by atoms with Crippen molar-refractivity contribution in [1.29, 1.82) is 0 Å². The van der Waals surface area contributed by atoms with Gasteiger partial charge in [-0.25, -0.2) is 4.79 Å². The molecule has 2 aromatic rings. The van der Waals surface area contributed by atoms with Crippen molar-refractivity contribution in [3.8, 4) is 11.1 Å². The van der Waals surface area contributed by atoms with Crippen LogP contribution < -0.4 is 10.6 Å². The quantitative estimate of drug-likeness (QED) is 0.656. The Labute approximate surface area is 207 Å². The van der Waals surface area contributed by atoms with Crippen molar-refractivity contribution in [2.24, 2.45) is 5.73 Å². The van der Waals surface area contributed by atoms with Crippen LogP contribution in [0.4, 0.5) is 10.5 Å². The van der Waals surface area contributed by atoms with Gasteiger partial charge in [0.05, 0.1) is 6.10 Å². The molecular weight excluding hydrogens is 446 g/mol. The number of amides is 2. The second kappa shape index (κ2) is 12.3. The molecule has 2 N–H and O–H groups in total. The van der Waals surface area contributed by atoms with Gasteiger partial charge in [0.1, 0.15) is 0 Å². The summed E-state index contributed by atoms with van der Waals surface area (Å²) in [5.41, 5.74) is 10.9. The second-order valence-corrected chi connectivity index (χ2v) is 10.4. The van der Waals surface area contributed by atoms with Gasteiger partial charge in [-0.2, -0.15) is 11.8 Å². The number of ether oxygens (including phenoxy) is 1. The summed E-state index contributed by atoms with van der Waals surface area (Å²) in [6.07, 6.45) is 1.26. The van der Waals surface area contributed by atoms with Gasteiger partial charge in [0.25, 0.3) is 0 Å². The zero-order valence-corrected chi connectivity index (χ0v) is 21.6. The molecule has 2 aliphatic rings. The Balaban J connectivity index is 0.000000406. The summed E-state index contributed by atoms with van der Waals surface area (Å²) in [5.74, 6) is 2.64. The summed E-state index contributed by atoms with van der Waals surface area (Å²) in [6, 6.07) is 15.8. The van der Waals surface area contributed by atoms with Gasteiger partial charge in [0.15, 0.2) is 0 Å². The monoisotopic (exact) mass is 483 g/mol. The molecule has 0 saturated carbocycles. The summed E-state index contributed by atoms with van der Waals surface area (Å²) >= 11 is 2.06. The lowest BCUT2D eigenvalue weighted by atomic mass is 9.93. The smallest absolute Gasteiger partial charge is 0.404 e. The highest BCUT2D eigenvalue weighted by atomic mass is 32.2. The first-order valence-corrected chi connectivity index (χ1v) is 13.2. The molecule has 0 bridgehead atoms. The van der Waals surface area contributed by atoms with Crippen LogP contribution in [0.15, 0.2) is 42.5 Å². The zero-order chi connectivity index (χ0) is 24.7. The molecule has 4 rings (SSSR count). The van der Waals surface area contributed by atoms with E-state index < -0.39 is 6.09 Å². The minimum absolute atomic E-state index is 0.0995. The number of fused-ring (bicyclic) bond motifs is 1. The third kappa shape index (κ3) is 7.24. The van der Waals surface area contributed by atoms with Crippen LogP contribution in [0, 0.1) is 0 Å². The van der Waals surface area contributed by atoms with E-state index in [1.54, 1.807) is 20.8 Å². The lowest BCUT2D eigenvalue weighted by molar-refractivity contribution is -0.117. The van der Waals surface area contributed by atoms with E-state index in [1.807, 2.05) is 4.90 Å². The van der Waals surface area contributed by atoms with Crippen LogP contribution in [-0.4, -0.2) is 53.6 Å². The van der Waals surface area contributed by atoms with E-state index in [0.29, 0.717) is 0 Å². The molecule has 34 heavy (non-hydrogen) atoms. The maximum atomic E-state index is 12.0. The molecule has 0 unspecified atom stereocenters. The summed E-state index contributed by atoms with van der Waals surface area (Å²) in [7, 11) is 0. The topological polar surface area (TPSA) is 75.9 Å². The predicted molar refractivity (Wildman–Crippen MR) is 141 cm³/mol. The van der Waals surface area contributed by atoms with E-state index in [2.05, 4.69) is 76.5 Å². The average molecular weight is 484 g/mol. The van der Waals surface area contributed by atoms with Crippen molar-refractivity contribution in [3.05, 3.63) is 53.6 Å². The Morgan fingerprint density at radius 3 is 2.29 bits per heavy atom. The number of anilines is 1. The molecule has 1 saturated heterocycles. The van der Waals surface area contributed by atoms with Crippen LogP contribution in [0.25, 0.3) is 11.1 Å². The number of nitrogens with zero attached hydrogens (tertiary/aromatic N) is 2. The van der Waals surface area contributed by atoms with E-state index in [-0.39, 0.29) is 18.1 Å². The van der Waals surface area contributed by atoms with Crippen LogP contribution in [0.5, 0.6) is 0 Å². The summed E-state index contributed by atoms with van der Waals surface area (Å²) in [4.78, 5) is 26.3. The van der Waals surface area contributed by atoms with Gasteiger partial charge in [-0.3, -0.25) is 9.69 Å². The third-order valence-electron chi connectivity index (χ3n) is 6.10. The number of hydrogen-bond acceptors (Lipinski definition) is 5. The number of rotatable bonds is 4. The Morgan fingerprint density at radius 1 is 1.09 bits per heavy atom. The molecule has 0 aliphatic carbocycles. The van der Waals surface area contributed by atoms with Crippen molar-refractivity contribution in [2.45, 2.75) is 59.2 Å². The molecule has 2 aliphatic heterocycles. The van der Waals surface area contributed by atoms with E-state index in [4.69, 9.17) is 0 Å².